The summed E-state index contributed by atoms with van der Waals surface area (Å²) in [4.78, 5) is 31.2. The van der Waals surface area contributed by atoms with Crippen LogP contribution in [0.1, 0.15) is 29.6 Å². The number of anilines is 1. The number of carboxylic acids is 1. The number of pyridine rings is 1. The largest absolute Gasteiger partial charge is 0.480 e. The van der Waals surface area contributed by atoms with Crippen molar-refractivity contribution in [1.82, 2.24) is 9.88 Å². The molecule has 108 valence electrons. The van der Waals surface area contributed by atoms with Crippen LogP contribution in [0.4, 0.5) is 5.82 Å². The van der Waals surface area contributed by atoms with E-state index in [9.17, 15) is 14.7 Å². The molecule has 2 rings (SSSR count). The molecule has 6 heteroatoms. The van der Waals surface area contributed by atoms with Gasteiger partial charge in [-0.2, -0.15) is 0 Å². The Morgan fingerprint density at radius 1 is 1.40 bits per heavy atom. The van der Waals surface area contributed by atoms with Crippen LogP contribution in [0.25, 0.3) is 0 Å². The average molecular weight is 277 g/mol. The number of aliphatic carboxylic acids is 1. The molecule has 1 aromatic rings. The smallest absolute Gasteiger partial charge is 0.326 e. The first kappa shape index (κ1) is 14.3. The molecule has 0 unspecified atom stereocenters. The number of nitrogens with zero attached hydrogens (tertiary/aromatic N) is 3. The second kappa shape index (κ2) is 5.90. The zero-order valence-corrected chi connectivity index (χ0v) is 11.7. The predicted molar refractivity (Wildman–Crippen MR) is 74.9 cm³/mol. The Balaban J connectivity index is 2.25. The minimum absolute atomic E-state index is 0.234. The fourth-order valence-electron chi connectivity index (χ4n) is 2.39. The van der Waals surface area contributed by atoms with E-state index in [2.05, 4.69) is 4.98 Å². The van der Waals surface area contributed by atoms with E-state index in [1.165, 1.54) is 4.90 Å². The molecule has 0 saturated carbocycles. The van der Waals surface area contributed by atoms with E-state index in [4.69, 9.17) is 0 Å². The molecule has 1 aliphatic rings. The van der Waals surface area contributed by atoms with E-state index in [0.29, 0.717) is 24.3 Å². The molecule has 0 aliphatic carbocycles. The van der Waals surface area contributed by atoms with Crippen LogP contribution in [0.3, 0.4) is 0 Å². The van der Waals surface area contributed by atoms with Gasteiger partial charge in [0.1, 0.15) is 11.9 Å². The van der Waals surface area contributed by atoms with E-state index >= 15 is 0 Å². The maximum Gasteiger partial charge on any atom is 0.326 e. The van der Waals surface area contributed by atoms with Crippen molar-refractivity contribution in [3.05, 3.63) is 23.9 Å². The molecule has 1 N–H and O–H groups in total. The summed E-state index contributed by atoms with van der Waals surface area (Å²) in [7, 11) is 3.69. The Hall–Kier alpha value is -2.11. The Bertz CT molecular complexity index is 516. The van der Waals surface area contributed by atoms with Crippen LogP contribution in [-0.2, 0) is 4.79 Å². The lowest BCUT2D eigenvalue weighted by atomic mass is 10.0. The summed E-state index contributed by atoms with van der Waals surface area (Å²) < 4.78 is 0. The van der Waals surface area contributed by atoms with Gasteiger partial charge < -0.3 is 14.9 Å². The van der Waals surface area contributed by atoms with Gasteiger partial charge in [-0.05, 0) is 31.4 Å². The number of carbonyl (C=O) groups excluding carboxylic acids is 1. The highest BCUT2D eigenvalue weighted by atomic mass is 16.4. The van der Waals surface area contributed by atoms with Gasteiger partial charge in [0.05, 0.1) is 0 Å². The molecule has 6 nitrogen and oxygen atoms in total. The number of rotatable bonds is 3. The fourth-order valence-corrected chi connectivity index (χ4v) is 2.39. The molecule has 0 radical (unpaired) electrons. The third-order valence-corrected chi connectivity index (χ3v) is 3.50. The van der Waals surface area contributed by atoms with Crippen molar-refractivity contribution in [2.24, 2.45) is 0 Å². The summed E-state index contributed by atoms with van der Waals surface area (Å²) >= 11 is 0. The number of piperidine rings is 1. The predicted octanol–water partition coefficient (Wildman–Crippen LogP) is 1.23. The van der Waals surface area contributed by atoms with Crippen molar-refractivity contribution < 1.29 is 14.7 Å². The first-order valence-corrected chi connectivity index (χ1v) is 6.68. The number of hydrogen-bond donors (Lipinski definition) is 1. The maximum atomic E-state index is 12.5. The topological polar surface area (TPSA) is 73.7 Å². The van der Waals surface area contributed by atoms with Gasteiger partial charge in [0, 0.05) is 32.4 Å². The van der Waals surface area contributed by atoms with E-state index in [0.717, 1.165) is 12.8 Å². The number of likely N-dealkylation sites (tertiary alicyclic amines) is 1. The van der Waals surface area contributed by atoms with Crippen LogP contribution in [-0.4, -0.2) is 53.5 Å². The van der Waals surface area contributed by atoms with Crippen LogP contribution in [0.15, 0.2) is 18.3 Å². The second-order valence-corrected chi connectivity index (χ2v) is 5.15. The van der Waals surface area contributed by atoms with Crippen molar-refractivity contribution in [1.29, 1.82) is 0 Å². The van der Waals surface area contributed by atoms with Crippen molar-refractivity contribution in [2.45, 2.75) is 25.3 Å². The summed E-state index contributed by atoms with van der Waals surface area (Å²) in [6.45, 7) is 0.495. The van der Waals surface area contributed by atoms with Crippen LogP contribution in [0.5, 0.6) is 0 Å². The Kier molecular flexibility index (Phi) is 4.22. The van der Waals surface area contributed by atoms with Crippen LogP contribution < -0.4 is 4.90 Å². The fraction of sp³-hybridized carbons (Fsp3) is 0.500. The number of carbonyl (C=O) groups is 2. The minimum Gasteiger partial charge on any atom is -0.480 e. The zero-order valence-electron chi connectivity index (χ0n) is 11.7. The van der Waals surface area contributed by atoms with Crippen molar-refractivity contribution >= 4 is 17.7 Å². The molecule has 1 fully saturated rings. The molecule has 0 bridgehead atoms. The molecule has 1 amide bonds. The van der Waals surface area contributed by atoms with Gasteiger partial charge in [-0.25, -0.2) is 9.78 Å². The Morgan fingerprint density at radius 2 is 2.15 bits per heavy atom. The number of hydrogen-bond acceptors (Lipinski definition) is 4. The minimum atomic E-state index is -0.931. The second-order valence-electron chi connectivity index (χ2n) is 5.15. The molecular weight excluding hydrogens is 258 g/mol. The molecule has 0 spiro atoms. The quantitative estimate of drug-likeness (QED) is 0.899. The number of carboxylic acid groups (broad SMARTS) is 1. The monoisotopic (exact) mass is 277 g/mol. The molecule has 0 aromatic carbocycles. The zero-order chi connectivity index (χ0) is 14.7. The van der Waals surface area contributed by atoms with E-state index in [1.807, 2.05) is 19.0 Å². The van der Waals surface area contributed by atoms with Gasteiger partial charge in [0.15, 0.2) is 0 Å². The highest BCUT2D eigenvalue weighted by Crippen LogP contribution is 2.21. The molecule has 2 heterocycles. The summed E-state index contributed by atoms with van der Waals surface area (Å²) in [5, 5.41) is 9.23. The lowest BCUT2D eigenvalue weighted by Crippen LogP contribution is -2.48. The third-order valence-electron chi connectivity index (χ3n) is 3.50. The van der Waals surface area contributed by atoms with Gasteiger partial charge in [-0.1, -0.05) is 0 Å². The van der Waals surface area contributed by atoms with Gasteiger partial charge in [0.25, 0.3) is 5.91 Å². The highest BCUT2D eigenvalue weighted by Gasteiger charge is 2.32. The van der Waals surface area contributed by atoms with Crippen molar-refractivity contribution in [3.8, 4) is 0 Å². The standard InChI is InChI=1S/C14H19N3O3/c1-16(2)12-9-10(6-7-15-12)13(18)17-8-4-3-5-11(17)14(19)20/h6-7,9,11H,3-5,8H2,1-2H3,(H,19,20)/t11-/m1/s1. The molecule has 20 heavy (non-hydrogen) atoms. The van der Waals surface area contributed by atoms with Crippen LogP contribution >= 0.6 is 0 Å². The molecule has 1 aromatic heterocycles. The number of aromatic nitrogens is 1. The third kappa shape index (κ3) is 2.89. The lowest BCUT2D eigenvalue weighted by Gasteiger charge is -2.33. The van der Waals surface area contributed by atoms with Gasteiger partial charge in [0.2, 0.25) is 0 Å². The Labute approximate surface area is 118 Å². The summed E-state index contributed by atoms with van der Waals surface area (Å²) in [5.74, 6) is -0.484. The normalized spacial score (nSPS) is 18.7. The van der Waals surface area contributed by atoms with E-state index < -0.39 is 12.0 Å². The first-order valence-electron chi connectivity index (χ1n) is 6.68. The molecular formula is C14H19N3O3. The van der Waals surface area contributed by atoms with Crippen molar-refractivity contribution in [3.63, 3.8) is 0 Å². The van der Waals surface area contributed by atoms with E-state index in [1.54, 1.807) is 18.3 Å². The summed E-state index contributed by atoms with van der Waals surface area (Å²) in [5.41, 5.74) is 0.483. The lowest BCUT2D eigenvalue weighted by molar-refractivity contribution is -0.143. The molecule has 1 aliphatic heterocycles. The number of amides is 1. The molecule has 1 atom stereocenters. The molecule has 1 saturated heterocycles. The SMILES string of the molecule is CN(C)c1cc(C(=O)N2CCCC[C@@H]2C(=O)O)ccn1. The van der Waals surface area contributed by atoms with E-state index in [-0.39, 0.29) is 5.91 Å². The van der Waals surface area contributed by atoms with Crippen LogP contribution in [0, 0.1) is 0 Å². The first-order chi connectivity index (χ1) is 9.50. The van der Waals surface area contributed by atoms with Gasteiger partial charge in [-0.3, -0.25) is 4.79 Å². The Morgan fingerprint density at radius 3 is 2.80 bits per heavy atom. The van der Waals surface area contributed by atoms with Crippen molar-refractivity contribution in [2.75, 3.05) is 25.5 Å². The van der Waals surface area contributed by atoms with Gasteiger partial charge in [-0.15, -0.1) is 0 Å². The maximum absolute atomic E-state index is 12.5. The van der Waals surface area contributed by atoms with Gasteiger partial charge >= 0.3 is 5.97 Å². The van der Waals surface area contributed by atoms with Crippen LogP contribution in [0.2, 0.25) is 0 Å². The summed E-state index contributed by atoms with van der Waals surface area (Å²) in [6, 6.07) is 2.60. The summed E-state index contributed by atoms with van der Waals surface area (Å²) in [6.07, 6.45) is 3.79. The highest BCUT2D eigenvalue weighted by molar-refractivity contribution is 5.97. The average Bonchev–Trinajstić information content (AvgIpc) is 2.46.